The quantitative estimate of drug-likeness (QED) is 0.785. The smallest absolute Gasteiger partial charge is 0.232 e. The normalized spacial score (nSPS) is 16.7. The van der Waals surface area contributed by atoms with Crippen molar-refractivity contribution in [3.63, 3.8) is 0 Å². The fourth-order valence-electron chi connectivity index (χ4n) is 2.43. The highest BCUT2D eigenvalue weighted by atomic mass is 35.7. The van der Waals surface area contributed by atoms with Crippen LogP contribution >= 0.6 is 10.7 Å². The molecule has 19 heavy (non-hydrogen) atoms. The first-order chi connectivity index (χ1) is 8.94. The predicted molar refractivity (Wildman–Crippen MR) is 77.4 cm³/mol. The molecule has 0 spiro atoms. The van der Waals surface area contributed by atoms with Crippen molar-refractivity contribution in [1.29, 1.82) is 0 Å². The number of hydrogen-bond acceptors (Lipinski definition) is 3. The fraction of sp³-hybridized carbons (Fsp3) is 0.571. The van der Waals surface area contributed by atoms with E-state index in [2.05, 4.69) is 12.1 Å². The Labute approximate surface area is 119 Å². The summed E-state index contributed by atoms with van der Waals surface area (Å²) >= 11 is 0. The van der Waals surface area contributed by atoms with Crippen LogP contribution < -0.4 is 4.74 Å². The molecule has 1 aliphatic carbocycles. The van der Waals surface area contributed by atoms with E-state index in [1.54, 1.807) is 0 Å². The van der Waals surface area contributed by atoms with Gasteiger partial charge in [-0.2, -0.15) is 0 Å². The first kappa shape index (κ1) is 14.7. The zero-order valence-electron chi connectivity index (χ0n) is 11.1. The van der Waals surface area contributed by atoms with E-state index in [0.717, 1.165) is 18.6 Å². The maximum absolute atomic E-state index is 11.0. The van der Waals surface area contributed by atoms with Crippen molar-refractivity contribution < 1.29 is 13.2 Å². The van der Waals surface area contributed by atoms with Gasteiger partial charge in [0.1, 0.15) is 5.75 Å². The number of aryl methyl sites for hydroxylation is 2. The molecule has 1 aliphatic rings. The third-order valence-corrected chi connectivity index (χ3v) is 4.68. The van der Waals surface area contributed by atoms with Crippen LogP contribution in [0.1, 0.15) is 30.9 Å². The lowest BCUT2D eigenvalue weighted by Crippen LogP contribution is -2.16. The van der Waals surface area contributed by atoms with E-state index in [1.165, 1.54) is 24.0 Å². The van der Waals surface area contributed by atoms with Gasteiger partial charge in [0, 0.05) is 16.6 Å². The van der Waals surface area contributed by atoms with Crippen LogP contribution in [-0.4, -0.2) is 20.8 Å². The number of fused-ring (bicyclic) bond motifs is 1. The third-order valence-electron chi connectivity index (χ3n) is 3.34. The monoisotopic (exact) mass is 302 g/mol. The molecule has 0 saturated heterocycles. The van der Waals surface area contributed by atoms with Crippen LogP contribution in [0.2, 0.25) is 0 Å². The van der Waals surface area contributed by atoms with Crippen LogP contribution in [-0.2, 0) is 21.9 Å². The molecule has 1 aromatic carbocycles. The van der Waals surface area contributed by atoms with E-state index in [4.69, 9.17) is 15.4 Å². The molecule has 0 heterocycles. The van der Waals surface area contributed by atoms with Gasteiger partial charge in [0.25, 0.3) is 0 Å². The summed E-state index contributed by atoms with van der Waals surface area (Å²) in [6.45, 7) is 2.18. The molecule has 0 saturated carbocycles. The van der Waals surface area contributed by atoms with Crippen molar-refractivity contribution >= 4 is 19.7 Å². The molecule has 1 aromatic rings. The second-order valence-corrected chi connectivity index (χ2v) is 8.08. The van der Waals surface area contributed by atoms with Crippen LogP contribution in [0.5, 0.6) is 5.75 Å². The molecule has 5 heteroatoms. The molecule has 0 aliphatic heterocycles. The van der Waals surface area contributed by atoms with Gasteiger partial charge in [-0.05, 0) is 48.9 Å². The van der Waals surface area contributed by atoms with E-state index >= 15 is 0 Å². The minimum atomic E-state index is -3.45. The first-order valence-electron chi connectivity index (χ1n) is 6.61. The maximum Gasteiger partial charge on any atom is 0.232 e. The summed E-state index contributed by atoms with van der Waals surface area (Å²) in [5.41, 5.74) is 2.77. The van der Waals surface area contributed by atoms with Crippen molar-refractivity contribution in [3.05, 3.63) is 29.3 Å². The van der Waals surface area contributed by atoms with Crippen molar-refractivity contribution in [2.45, 2.75) is 32.6 Å². The molecule has 1 unspecified atom stereocenters. The Hall–Kier alpha value is -0.740. The van der Waals surface area contributed by atoms with Gasteiger partial charge in [0.2, 0.25) is 9.05 Å². The first-order valence-corrected chi connectivity index (χ1v) is 9.09. The minimum absolute atomic E-state index is 0.0561. The largest absolute Gasteiger partial charge is 0.493 e. The average Bonchev–Trinajstić information content (AvgIpc) is 2.34. The standard InChI is InChI=1S/C14H19ClO3S/c1-11(10-19(15,16)17)9-18-14-7-6-12-4-2-3-5-13(12)8-14/h6-8,11H,2-5,9-10H2,1H3. The van der Waals surface area contributed by atoms with E-state index in [1.807, 2.05) is 13.0 Å². The summed E-state index contributed by atoms with van der Waals surface area (Å²) in [6, 6.07) is 6.16. The molecule has 0 N–H and O–H groups in total. The molecule has 3 nitrogen and oxygen atoms in total. The van der Waals surface area contributed by atoms with Gasteiger partial charge in [-0.15, -0.1) is 0 Å². The Morgan fingerprint density at radius 3 is 2.63 bits per heavy atom. The summed E-state index contributed by atoms with van der Waals surface area (Å²) in [4.78, 5) is 0. The van der Waals surface area contributed by atoms with Gasteiger partial charge < -0.3 is 4.74 Å². The van der Waals surface area contributed by atoms with E-state index in [-0.39, 0.29) is 11.7 Å². The van der Waals surface area contributed by atoms with Crippen LogP contribution in [0, 0.1) is 5.92 Å². The zero-order chi connectivity index (χ0) is 13.9. The Morgan fingerprint density at radius 1 is 1.26 bits per heavy atom. The van der Waals surface area contributed by atoms with Gasteiger partial charge in [-0.3, -0.25) is 0 Å². The SMILES string of the molecule is CC(COc1ccc2c(c1)CCCC2)CS(=O)(=O)Cl. The van der Waals surface area contributed by atoms with E-state index in [9.17, 15) is 8.42 Å². The molecule has 0 aromatic heterocycles. The van der Waals surface area contributed by atoms with Crippen LogP contribution in [0.4, 0.5) is 0 Å². The summed E-state index contributed by atoms with van der Waals surface area (Å²) in [5.74, 6) is 0.650. The molecular formula is C14H19ClO3S. The van der Waals surface area contributed by atoms with Gasteiger partial charge in [0.05, 0.1) is 12.4 Å². The Kier molecular flexibility index (Phi) is 4.74. The topological polar surface area (TPSA) is 43.4 Å². The predicted octanol–water partition coefficient (Wildman–Crippen LogP) is 3.15. The van der Waals surface area contributed by atoms with E-state index in [0.29, 0.717) is 6.61 Å². The maximum atomic E-state index is 11.0. The Bertz CT molecular complexity index is 540. The minimum Gasteiger partial charge on any atom is -0.493 e. The summed E-state index contributed by atoms with van der Waals surface area (Å²) in [6.07, 6.45) is 4.75. The van der Waals surface area contributed by atoms with Gasteiger partial charge in [-0.1, -0.05) is 13.0 Å². The van der Waals surface area contributed by atoms with Crippen LogP contribution in [0.15, 0.2) is 18.2 Å². The number of rotatable bonds is 5. The molecule has 2 rings (SSSR count). The van der Waals surface area contributed by atoms with E-state index < -0.39 is 9.05 Å². The number of ether oxygens (including phenoxy) is 1. The summed E-state index contributed by atoms with van der Waals surface area (Å²) in [7, 11) is 1.77. The molecule has 0 fully saturated rings. The Balaban J connectivity index is 1.93. The third kappa shape index (κ3) is 4.69. The summed E-state index contributed by atoms with van der Waals surface area (Å²) in [5, 5.41) is 0. The lowest BCUT2D eigenvalue weighted by atomic mass is 9.92. The van der Waals surface area contributed by atoms with Gasteiger partial charge in [-0.25, -0.2) is 8.42 Å². The van der Waals surface area contributed by atoms with Crippen molar-refractivity contribution in [3.8, 4) is 5.75 Å². The lowest BCUT2D eigenvalue weighted by Gasteiger charge is -2.17. The van der Waals surface area contributed by atoms with Crippen molar-refractivity contribution in [2.24, 2.45) is 5.92 Å². The molecule has 1 atom stereocenters. The average molecular weight is 303 g/mol. The van der Waals surface area contributed by atoms with Gasteiger partial charge >= 0.3 is 0 Å². The highest BCUT2D eigenvalue weighted by Gasteiger charge is 2.14. The Morgan fingerprint density at radius 2 is 1.95 bits per heavy atom. The molecule has 0 amide bonds. The highest BCUT2D eigenvalue weighted by Crippen LogP contribution is 2.25. The number of halogens is 1. The van der Waals surface area contributed by atoms with Crippen molar-refractivity contribution in [2.75, 3.05) is 12.4 Å². The number of hydrogen-bond donors (Lipinski definition) is 0. The lowest BCUT2D eigenvalue weighted by molar-refractivity contribution is 0.272. The molecule has 0 bridgehead atoms. The summed E-state index contributed by atoms with van der Waals surface area (Å²) < 4.78 is 27.6. The highest BCUT2D eigenvalue weighted by molar-refractivity contribution is 8.13. The van der Waals surface area contributed by atoms with Crippen LogP contribution in [0.3, 0.4) is 0 Å². The number of benzene rings is 1. The fourth-order valence-corrected chi connectivity index (χ4v) is 3.85. The van der Waals surface area contributed by atoms with Crippen LogP contribution in [0.25, 0.3) is 0 Å². The molecule has 106 valence electrons. The second kappa shape index (κ2) is 6.14. The molecular weight excluding hydrogens is 284 g/mol. The second-order valence-electron chi connectivity index (χ2n) is 5.26. The zero-order valence-corrected chi connectivity index (χ0v) is 12.6. The van der Waals surface area contributed by atoms with Gasteiger partial charge in [0.15, 0.2) is 0 Å². The van der Waals surface area contributed by atoms with Crippen molar-refractivity contribution in [1.82, 2.24) is 0 Å². The molecule has 0 radical (unpaired) electrons.